The fourth-order valence-electron chi connectivity index (χ4n) is 2.85. The zero-order valence-corrected chi connectivity index (χ0v) is 15.2. The number of carbonyl (C=O) groups is 1. The standard InChI is InChI=1S/C19H23F3N4O/c1-14(27)17(18(23-2)19(20,21)22)11-24-13-25-16-7-5-15(6-8-16)12-26-9-3-4-10-26/h5-8,11,25H,2-4,9-10,12-13H2,1H3/b18-17+,24-11-. The SMILES string of the molecule is C=N/C(=C(\C=N/CNc1ccc(CN2CCCC2)cc1)C(C)=O)C(F)(F)F. The van der Waals surface area contributed by atoms with Gasteiger partial charge in [0.05, 0.1) is 5.57 Å². The molecule has 0 radical (unpaired) electrons. The Morgan fingerprint density at radius 2 is 1.89 bits per heavy atom. The van der Waals surface area contributed by atoms with Crippen molar-refractivity contribution in [3.8, 4) is 0 Å². The van der Waals surface area contributed by atoms with Crippen molar-refractivity contribution in [3.05, 3.63) is 41.1 Å². The molecule has 0 aliphatic carbocycles. The number of allylic oxidation sites excluding steroid dienone is 2. The predicted octanol–water partition coefficient (Wildman–Crippen LogP) is 3.83. The molecule has 1 fully saturated rings. The lowest BCUT2D eigenvalue weighted by atomic mass is 10.1. The lowest BCUT2D eigenvalue weighted by Gasteiger charge is -2.14. The zero-order chi connectivity index (χ0) is 19.9. The lowest BCUT2D eigenvalue weighted by molar-refractivity contribution is -0.115. The van der Waals surface area contributed by atoms with E-state index in [1.54, 1.807) is 0 Å². The van der Waals surface area contributed by atoms with Crippen molar-refractivity contribution < 1.29 is 18.0 Å². The first-order valence-electron chi connectivity index (χ1n) is 8.65. The van der Waals surface area contributed by atoms with Crippen LogP contribution in [0.15, 0.2) is 45.5 Å². The number of likely N-dealkylation sites (tertiary alicyclic amines) is 1. The summed E-state index contributed by atoms with van der Waals surface area (Å²) in [5.41, 5.74) is 0.0634. The third kappa shape index (κ3) is 6.32. The molecule has 0 amide bonds. The average molecular weight is 380 g/mol. The Morgan fingerprint density at radius 1 is 1.26 bits per heavy atom. The summed E-state index contributed by atoms with van der Waals surface area (Å²) in [5.74, 6) is -0.773. The summed E-state index contributed by atoms with van der Waals surface area (Å²) in [6.07, 6.45) is -1.39. The highest BCUT2D eigenvalue weighted by Crippen LogP contribution is 2.28. The first-order valence-corrected chi connectivity index (χ1v) is 8.65. The highest BCUT2D eigenvalue weighted by atomic mass is 19.4. The van der Waals surface area contributed by atoms with Gasteiger partial charge in [0.1, 0.15) is 6.67 Å². The summed E-state index contributed by atoms with van der Waals surface area (Å²) >= 11 is 0. The van der Waals surface area contributed by atoms with Crippen LogP contribution in [0.3, 0.4) is 0 Å². The molecular weight excluding hydrogens is 357 g/mol. The fraction of sp³-hybridized carbons (Fsp3) is 0.421. The third-order valence-corrected chi connectivity index (χ3v) is 4.21. The van der Waals surface area contributed by atoms with Crippen LogP contribution >= 0.6 is 0 Å². The Labute approximate surface area is 156 Å². The molecule has 0 aromatic heterocycles. The maximum absolute atomic E-state index is 12.9. The van der Waals surface area contributed by atoms with Gasteiger partial charge in [-0.2, -0.15) is 13.2 Å². The van der Waals surface area contributed by atoms with Crippen molar-refractivity contribution in [3.63, 3.8) is 0 Å². The van der Waals surface area contributed by atoms with Crippen molar-refractivity contribution in [1.82, 2.24) is 4.90 Å². The molecular formula is C19H23F3N4O. The minimum atomic E-state index is -4.76. The van der Waals surface area contributed by atoms with E-state index in [4.69, 9.17) is 0 Å². The minimum Gasteiger partial charge on any atom is -0.366 e. The number of benzene rings is 1. The maximum atomic E-state index is 12.9. The summed E-state index contributed by atoms with van der Waals surface area (Å²) in [6, 6.07) is 7.81. The van der Waals surface area contributed by atoms with E-state index in [1.165, 1.54) is 18.4 Å². The van der Waals surface area contributed by atoms with Gasteiger partial charge in [-0.05, 0) is 57.3 Å². The molecule has 146 valence electrons. The van der Waals surface area contributed by atoms with Crippen LogP contribution in [0.4, 0.5) is 18.9 Å². The highest BCUT2D eigenvalue weighted by Gasteiger charge is 2.36. The zero-order valence-electron chi connectivity index (χ0n) is 15.2. The van der Waals surface area contributed by atoms with Crippen molar-refractivity contribution >= 4 is 24.4 Å². The molecule has 1 N–H and O–H groups in total. The number of nitrogens with one attached hydrogen (secondary N) is 1. The molecule has 8 heteroatoms. The quantitative estimate of drug-likeness (QED) is 0.551. The number of ketones is 1. The van der Waals surface area contributed by atoms with Crippen molar-refractivity contribution in [2.45, 2.75) is 32.5 Å². The fourth-order valence-corrected chi connectivity index (χ4v) is 2.85. The molecule has 27 heavy (non-hydrogen) atoms. The number of carbonyl (C=O) groups excluding carboxylic acids is 1. The molecule has 0 unspecified atom stereocenters. The Balaban J connectivity index is 1.94. The minimum absolute atomic E-state index is 0.0323. The second kappa shape index (κ2) is 9.45. The average Bonchev–Trinajstić information content (AvgIpc) is 3.10. The Morgan fingerprint density at radius 3 is 2.41 bits per heavy atom. The first-order chi connectivity index (χ1) is 12.8. The van der Waals surface area contributed by atoms with Gasteiger partial charge in [-0.3, -0.25) is 19.7 Å². The van der Waals surface area contributed by atoms with Crippen molar-refractivity contribution in [2.24, 2.45) is 9.98 Å². The van der Waals surface area contributed by atoms with Gasteiger partial charge in [0.25, 0.3) is 0 Å². The van der Waals surface area contributed by atoms with Gasteiger partial charge in [-0.25, -0.2) is 0 Å². The highest BCUT2D eigenvalue weighted by molar-refractivity contribution is 6.13. The third-order valence-electron chi connectivity index (χ3n) is 4.21. The number of nitrogens with zero attached hydrogens (tertiary/aromatic N) is 3. The molecule has 1 aromatic carbocycles. The normalized spacial score (nSPS) is 16.4. The smallest absolute Gasteiger partial charge is 0.366 e. The number of halogens is 3. The van der Waals surface area contributed by atoms with Crippen LogP contribution in [0.1, 0.15) is 25.3 Å². The lowest BCUT2D eigenvalue weighted by Crippen LogP contribution is -2.18. The van der Waals surface area contributed by atoms with Gasteiger partial charge in [0, 0.05) is 18.4 Å². The maximum Gasteiger partial charge on any atom is 0.434 e. The predicted molar refractivity (Wildman–Crippen MR) is 101 cm³/mol. The van der Waals surface area contributed by atoms with Crippen molar-refractivity contribution in [2.75, 3.05) is 25.1 Å². The number of anilines is 1. The second-order valence-electron chi connectivity index (χ2n) is 6.30. The van der Waals surface area contributed by atoms with Gasteiger partial charge < -0.3 is 5.32 Å². The molecule has 5 nitrogen and oxygen atoms in total. The van der Waals surface area contributed by atoms with Crippen LogP contribution in [0, 0.1) is 0 Å². The van der Waals surface area contributed by atoms with Crippen LogP contribution < -0.4 is 5.32 Å². The van der Waals surface area contributed by atoms with Gasteiger partial charge in [-0.1, -0.05) is 12.1 Å². The number of rotatable bonds is 8. The van der Waals surface area contributed by atoms with Gasteiger partial charge in [-0.15, -0.1) is 0 Å². The largest absolute Gasteiger partial charge is 0.434 e. The summed E-state index contributed by atoms with van der Waals surface area (Å²) < 4.78 is 38.6. The summed E-state index contributed by atoms with van der Waals surface area (Å²) in [6.45, 7) is 7.12. The van der Waals surface area contributed by atoms with Gasteiger partial charge >= 0.3 is 6.18 Å². The first kappa shape index (κ1) is 20.8. The van der Waals surface area contributed by atoms with E-state index in [0.29, 0.717) is 0 Å². The Kier molecular flexibility index (Phi) is 7.29. The number of aliphatic imine (C=N–C) groups is 2. The molecule has 0 bridgehead atoms. The van der Waals surface area contributed by atoms with Crippen LogP contribution in [0.2, 0.25) is 0 Å². The van der Waals surface area contributed by atoms with Crippen LogP contribution in [-0.4, -0.2) is 49.5 Å². The Bertz CT molecular complexity index is 717. The van der Waals surface area contributed by atoms with Crippen LogP contribution in [-0.2, 0) is 11.3 Å². The van der Waals surface area contributed by atoms with Crippen LogP contribution in [0.25, 0.3) is 0 Å². The van der Waals surface area contributed by atoms with E-state index in [-0.39, 0.29) is 6.67 Å². The van der Waals surface area contributed by atoms with Crippen molar-refractivity contribution in [1.29, 1.82) is 0 Å². The molecule has 0 saturated carbocycles. The molecule has 1 aliphatic rings. The second-order valence-corrected chi connectivity index (χ2v) is 6.30. The van der Waals surface area contributed by atoms with Gasteiger partial charge in [0.2, 0.25) is 0 Å². The number of alkyl halides is 3. The summed E-state index contributed by atoms with van der Waals surface area (Å²) in [7, 11) is 0. The van der Waals surface area contributed by atoms with E-state index in [2.05, 4.69) is 26.9 Å². The molecule has 2 rings (SSSR count). The molecule has 0 atom stereocenters. The topological polar surface area (TPSA) is 57.1 Å². The van der Waals surface area contributed by atoms with E-state index in [9.17, 15) is 18.0 Å². The van der Waals surface area contributed by atoms with Gasteiger partial charge in [0.15, 0.2) is 11.5 Å². The number of hydrogen-bond donors (Lipinski definition) is 1. The molecule has 1 aliphatic heterocycles. The molecule has 1 aromatic rings. The Hall–Kier alpha value is -2.48. The molecule has 1 saturated heterocycles. The summed E-state index contributed by atoms with van der Waals surface area (Å²) in [4.78, 5) is 20.7. The van der Waals surface area contributed by atoms with E-state index in [1.807, 2.05) is 24.3 Å². The van der Waals surface area contributed by atoms with E-state index in [0.717, 1.165) is 38.5 Å². The number of Topliss-reactive ketones (excluding diaryl/α,β-unsaturated/α-hetero) is 1. The summed E-state index contributed by atoms with van der Waals surface area (Å²) in [5, 5.41) is 2.98. The monoisotopic (exact) mass is 380 g/mol. The van der Waals surface area contributed by atoms with E-state index >= 15 is 0 Å². The van der Waals surface area contributed by atoms with E-state index < -0.39 is 23.2 Å². The van der Waals surface area contributed by atoms with Crippen LogP contribution in [0.5, 0.6) is 0 Å². The molecule has 1 heterocycles. The number of hydrogen-bond acceptors (Lipinski definition) is 5. The molecule has 0 spiro atoms.